The SMILES string of the molecule is CCCCC(CO)NC(=O)c1c(C)nc2c(OCc3c(F)cccc3Cl)cccn12. The van der Waals surface area contributed by atoms with Gasteiger partial charge in [-0.05, 0) is 37.6 Å². The van der Waals surface area contributed by atoms with Gasteiger partial charge in [-0.15, -0.1) is 0 Å². The van der Waals surface area contributed by atoms with Crippen LogP contribution >= 0.6 is 11.6 Å². The molecule has 30 heavy (non-hydrogen) atoms. The number of nitrogens with zero attached hydrogens (tertiary/aromatic N) is 2. The fraction of sp³-hybridized carbons (Fsp3) is 0.364. The molecule has 0 bridgehead atoms. The van der Waals surface area contributed by atoms with Gasteiger partial charge >= 0.3 is 0 Å². The standard InChI is InChI=1S/C22H25ClFN3O3/c1-3-4-7-15(12-28)26-22(29)20-14(2)25-21-19(10-6-11-27(20)21)30-13-16-17(23)8-5-9-18(16)24/h5-6,8-11,15,28H,3-4,7,12-13H2,1-2H3,(H,26,29). The zero-order valence-electron chi connectivity index (χ0n) is 17.0. The molecule has 1 amide bonds. The number of rotatable bonds is 9. The minimum atomic E-state index is -0.448. The Morgan fingerprint density at radius 3 is 2.87 bits per heavy atom. The Hall–Kier alpha value is -2.64. The van der Waals surface area contributed by atoms with Crippen LogP contribution < -0.4 is 10.1 Å². The molecule has 0 aliphatic heterocycles. The minimum absolute atomic E-state index is 0.0672. The van der Waals surface area contributed by atoms with Crippen LogP contribution in [0.2, 0.25) is 5.02 Å². The first-order valence-corrected chi connectivity index (χ1v) is 10.3. The number of unbranched alkanes of at least 4 members (excludes halogenated alkanes) is 1. The molecule has 0 spiro atoms. The average Bonchev–Trinajstić information content (AvgIpc) is 3.07. The maximum absolute atomic E-state index is 14.0. The number of halogens is 2. The first kappa shape index (κ1) is 22.1. The highest BCUT2D eigenvalue weighted by atomic mass is 35.5. The highest BCUT2D eigenvalue weighted by Crippen LogP contribution is 2.25. The first-order chi connectivity index (χ1) is 14.5. The van der Waals surface area contributed by atoms with E-state index in [1.807, 2.05) is 0 Å². The second-order valence-corrected chi connectivity index (χ2v) is 7.50. The minimum Gasteiger partial charge on any atom is -0.485 e. The van der Waals surface area contributed by atoms with Crippen molar-refractivity contribution in [3.05, 3.63) is 64.3 Å². The number of ether oxygens (including phenoxy) is 1. The molecule has 0 radical (unpaired) electrons. The number of carbonyl (C=O) groups is 1. The molecular formula is C22H25ClFN3O3. The molecule has 3 aromatic rings. The lowest BCUT2D eigenvalue weighted by atomic mass is 10.1. The third kappa shape index (κ3) is 4.74. The molecule has 2 aromatic heterocycles. The van der Waals surface area contributed by atoms with Crippen LogP contribution in [0.5, 0.6) is 5.75 Å². The maximum atomic E-state index is 14.0. The molecule has 2 heterocycles. The van der Waals surface area contributed by atoms with Crippen molar-refractivity contribution in [2.75, 3.05) is 6.61 Å². The summed E-state index contributed by atoms with van der Waals surface area (Å²) in [6.45, 7) is 3.60. The Labute approximate surface area is 179 Å². The van der Waals surface area contributed by atoms with Crippen molar-refractivity contribution in [3.8, 4) is 5.75 Å². The molecule has 1 unspecified atom stereocenters. The van der Waals surface area contributed by atoms with Gasteiger partial charge in [-0.2, -0.15) is 0 Å². The van der Waals surface area contributed by atoms with Crippen molar-refractivity contribution in [3.63, 3.8) is 0 Å². The predicted molar refractivity (Wildman–Crippen MR) is 114 cm³/mol. The number of aryl methyl sites for hydroxylation is 1. The van der Waals surface area contributed by atoms with Crippen molar-refractivity contribution in [2.45, 2.75) is 45.8 Å². The number of hydrogen-bond acceptors (Lipinski definition) is 4. The monoisotopic (exact) mass is 433 g/mol. The molecule has 0 fully saturated rings. The molecule has 0 aliphatic carbocycles. The van der Waals surface area contributed by atoms with E-state index in [-0.39, 0.29) is 35.7 Å². The number of imidazole rings is 1. The third-order valence-electron chi connectivity index (χ3n) is 4.90. The molecule has 0 saturated heterocycles. The second-order valence-electron chi connectivity index (χ2n) is 7.10. The smallest absolute Gasteiger partial charge is 0.270 e. The Bertz CT molecular complexity index is 1020. The molecule has 8 heteroatoms. The second kappa shape index (κ2) is 9.91. The predicted octanol–water partition coefficient (Wildman–Crippen LogP) is 4.30. The number of benzene rings is 1. The van der Waals surface area contributed by atoms with E-state index in [1.54, 1.807) is 35.7 Å². The molecule has 1 aromatic carbocycles. The van der Waals surface area contributed by atoms with E-state index in [4.69, 9.17) is 16.3 Å². The molecule has 6 nitrogen and oxygen atoms in total. The Morgan fingerprint density at radius 1 is 1.37 bits per heavy atom. The average molecular weight is 434 g/mol. The van der Waals surface area contributed by atoms with Gasteiger partial charge in [0.05, 0.1) is 23.4 Å². The number of nitrogens with one attached hydrogen (secondary N) is 1. The van der Waals surface area contributed by atoms with Crippen LogP contribution in [0.4, 0.5) is 4.39 Å². The number of aliphatic hydroxyl groups excluding tert-OH is 1. The lowest BCUT2D eigenvalue weighted by Crippen LogP contribution is -2.38. The van der Waals surface area contributed by atoms with Crippen LogP contribution in [-0.2, 0) is 6.61 Å². The van der Waals surface area contributed by atoms with E-state index in [9.17, 15) is 14.3 Å². The highest BCUT2D eigenvalue weighted by Gasteiger charge is 2.21. The fourth-order valence-electron chi connectivity index (χ4n) is 3.28. The van der Waals surface area contributed by atoms with Crippen LogP contribution in [-0.4, -0.2) is 33.0 Å². The van der Waals surface area contributed by atoms with Crippen LogP contribution in [0.3, 0.4) is 0 Å². The molecule has 0 aliphatic rings. The van der Waals surface area contributed by atoms with Gasteiger partial charge in [-0.25, -0.2) is 9.37 Å². The topological polar surface area (TPSA) is 75.9 Å². The summed E-state index contributed by atoms with van der Waals surface area (Å²) in [6, 6.07) is 7.57. The van der Waals surface area contributed by atoms with Gasteiger partial charge in [-0.1, -0.05) is 37.4 Å². The van der Waals surface area contributed by atoms with Crippen molar-refractivity contribution >= 4 is 23.2 Å². The van der Waals surface area contributed by atoms with Crippen molar-refractivity contribution in [1.82, 2.24) is 14.7 Å². The lowest BCUT2D eigenvalue weighted by molar-refractivity contribution is 0.0905. The van der Waals surface area contributed by atoms with E-state index in [1.165, 1.54) is 12.1 Å². The number of pyridine rings is 1. The Balaban J connectivity index is 1.85. The number of amides is 1. The lowest BCUT2D eigenvalue weighted by Gasteiger charge is -2.16. The number of aromatic nitrogens is 2. The summed E-state index contributed by atoms with van der Waals surface area (Å²) in [7, 11) is 0. The van der Waals surface area contributed by atoms with Crippen LogP contribution in [0.25, 0.3) is 5.65 Å². The zero-order valence-corrected chi connectivity index (χ0v) is 17.7. The van der Waals surface area contributed by atoms with Gasteiger partial charge in [0, 0.05) is 11.8 Å². The van der Waals surface area contributed by atoms with Crippen LogP contribution in [0.15, 0.2) is 36.5 Å². The van der Waals surface area contributed by atoms with Gasteiger partial charge in [0.1, 0.15) is 18.1 Å². The number of aliphatic hydroxyl groups is 1. The third-order valence-corrected chi connectivity index (χ3v) is 5.25. The fourth-order valence-corrected chi connectivity index (χ4v) is 3.49. The molecule has 160 valence electrons. The molecule has 3 rings (SSSR count). The van der Waals surface area contributed by atoms with Crippen LogP contribution in [0, 0.1) is 12.7 Å². The van der Waals surface area contributed by atoms with Gasteiger partial charge in [0.2, 0.25) is 0 Å². The van der Waals surface area contributed by atoms with Gasteiger partial charge in [0.25, 0.3) is 5.91 Å². The highest BCUT2D eigenvalue weighted by molar-refractivity contribution is 6.31. The van der Waals surface area contributed by atoms with Gasteiger partial charge < -0.3 is 15.2 Å². The van der Waals surface area contributed by atoms with Crippen molar-refractivity contribution in [2.24, 2.45) is 0 Å². The number of fused-ring (bicyclic) bond motifs is 1. The van der Waals surface area contributed by atoms with E-state index < -0.39 is 5.82 Å². The molecule has 1 atom stereocenters. The van der Waals surface area contributed by atoms with Gasteiger partial charge in [0.15, 0.2) is 11.4 Å². The van der Waals surface area contributed by atoms with Crippen molar-refractivity contribution in [1.29, 1.82) is 0 Å². The molecule has 0 saturated carbocycles. The van der Waals surface area contributed by atoms with E-state index in [0.29, 0.717) is 29.2 Å². The molecular weight excluding hydrogens is 409 g/mol. The summed E-state index contributed by atoms with van der Waals surface area (Å²) in [5.74, 6) is -0.357. The maximum Gasteiger partial charge on any atom is 0.270 e. The number of carbonyl (C=O) groups excluding carboxylic acids is 1. The summed E-state index contributed by atoms with van der Waals surface area (Å²) in [4.78, 5) is 17.3. The van der Waals surface area contributed by atoms with Crippen molar-refractivity contribution < 1.29 is 19.0 Å². The number of hydrogen-bond donors (Lipinski definition) is 2. The summed E-state index contributed by atoms with van der Waals surface area (Å²) >= 11 is 6.07. The van der Waals surface area contributed by atoms with Crippen LogP contribution in [0.1, 0.15) is 47.9 Å². The summed E-state index contributed by atoms with van der Waals surface area (Å²) in [5.41, 5.74) is 1.60. The quantitative estimate of drug-likeness (QED) is 0.527. The Kier molecular flexibility index (Phi) is 7.29. The summed E-state index contributed by atoms with van der Waals surface area (Å²) < 4.78 is 21.5. The molecule has 2 N–H and O–H groups in total. The first-order valence-electron chi connectivity index (χ1n) is 9.91. The zero-order chi connectivity index (χ0) is 21.7. The van der Waals surface area contributed by atoms with Gasteiger partial charge in [-0.3, -0.25) is 9.20 Å². The normalized spacial score (nSPS) is 12.2. The summed E-state index contributed by atoms with van der Waals surface area (Å²) in [6.07, 6.45) is 4.31. The van der Waals surface area contributed by atoms with E-state index in [2.05, 4.69) is 17.2 Å². The Morgan fingerprint density at radius 2 is 2.17 bits per heavy atom. The van der Waals surface area contributed by atoms with E-state index in [0.717, 1.165) is 12.8 Å². The summed E-state index contributed by atoms with van der Waals surface area (Å²) in [5, 5.41) is 12.7. The van der Waals surface area contributed by atoms with E-state index >= 15 is 0 Å². The largest absolute Gasteiger partial charge is 0.485 e.